The zero-order chi connectivity index (χ0) is 15.6. The number of nitrogens with one attached hydrogen (secondary N) is 1. The van der Waals surface area contributed by atoms with Crippen molar-refractivity contribution in [2.24, 2.45) is 0 Å². The zero-order valence-electron chi connectivity index (χ0n) is 11.8. The molecule has 8 heteroatoms. The van der Waals surface area contributed by atoms with E-state index in [0.717, 1.165) is 24.3 Å². The molecule has 0 bridgehead atoms. The van der Waals surface area contributed by atoms with Gasteiger partial charge in [0.05, 0.1) is 4.90 Å². The number of sulfonamides is 1. The van der Waals surface area contributed by atoms with Gasteiger partial charge in [-0.1, -0.05) is 6.07 Å². The molecule has 0 radical (unpaired) electrons. The quantitative estimate of drug-likeness (QED) is 0.926. The maximum absolute atomic E-state index is 13.2. The van der Waals surface area contributed by atoms with Crippen molar-refractivity contribution < 1.29 is 12.8 Å². The van der Waals surface area contributed by atoms with Gasteiger partial charge in [0.25, 0.3) is 0 Å². The number of anilines is 1. The van der Waals surface area contributed by atoms with Gasteiger partial charge in [-0.05, 0) is 31.0 Å². The third kappa shape index (κ3) is 3.45. The molecule has 0 spiro atoms. The molecule has 5 nitrogen and oxygen atoms in total. The summed E-state index contributed by atoms with van der Waals surface area (Å²) in [5.74, 6) is -0.554. The van der Waals surface area contributed by atoms with Crippen LogP contribution >= 0.6 is 11.3 Å². The molecule has 1 fully saturated rings. The highest BCUT2D eigenvalue weighted by atomic mass is 32.2. The Labute approximate surface area is 132 Å². The number of aromatic nitrogens is 1. The number of nitrogens with zero attached hydrogens (tertiary/aromatic N) is 2. The van der Waals surface area contributed by atoms with Crippen LogP contribution in [-0.4, -0.2) is 32.5 Å². The first-order valence-corrected chi connectivity index (χ1v) is 9.33. The first kappa shape index (κ1) is 15.4. The second kappa shape index (κ2) is 6.31. The summed E-state index contributed by atoms with van der Waals surface area (Å²) in [6, 6.07) is 4.92. The number of hydrogen-bond donors (Lipinski definition) is 1. The monoisotopic (exact) mass is 341 g/mol. The number of rotatable bonds is 4. The van der Waals surface area contributed by atoms with Crippen molar-refractivity contribution in [3.63, 3.8) is 0 Å². The van der Waals surface area contributed by atoms with Crippen LogP contribution in [0.1, 0.15) is 12.8 Å². The summed E-state index contributed by atoms with van der Waals surface area (Å²) in [5, 5.41) is 2.89. The Bertz CT molecular complexity index is 726. The van der Waals surface area contributed by atoms with Gasteiger partial charge in [0.15, 0.2) is 5.13 Å². The Kier molecular flexibility index (Phi) is 4.42. The van der Waals surface area contributed by atoms with E-state index in [4.69, 9.17) is 0 Å². The molecule has 2 heterocycles. The Hall–Kier alpha value is -1.51. The maximum Gasteiger partial charge on any atom is 0.240 e. The van der Waals surface area contributed by atoms with Gasteiger partial charge < -0.3 is 4.90 Å². The van der Waals surface area contributed by atoms with Crippen LogP contribution in [0.15, 0.2) is 40.7 Å². The molecule has 2 aromatic rings. The molecule has 1 saturated heterocycles. The summed E-state index contributed by atoms with van der Waals surface area (Å²) in [4.78, 5) is 6.38. The Balaban J connectivity index is 1.63. The van der Waals surface area contributed by atoms with E-state index >= 15 is 0 Å². The van der Waals surface area contributed by atoms with Crippen LogP contribution in [0.4, 0.5) is 9.52 Å². The molecule has 3 rings (SSSR count). The summed E-state index contributed by atoms with van der Waals surface area (Å²) in [5.41, 5.74) is 0. The minimum Gasteiger partial charge on any atom is -0.348 e. The highest BCUT2D eigenvalue weighted by Crippen LogP contribution is 2.23. The summed E-state index contributed by atoms with van der Waals surface area (Å²) in [6.45, 7) is 1.51. The molecule has 1 aliphatic heterocycles. The second-order valence-corrected chi connectivity index (χ2v) is 7.74. The third-order valence-corrected chi connectivity index (χ3v) is 5.96. The normalized spacial score (nSPS) is 16.9. The number of thiazole rings is 1. The molecular formula is C14H16FN3O2S2. The van der Waals surface area contributed by atoms with E-state index in [1.54, 1.807) is 17.5 Å². The van der Waals surface area contributed by atoms with Crippen molar-refractivity contribution in [3.8, 4) is 0 Å². The van der Waals surface area contributed by atoms with E-state index in [-0.39, 0.29) is 10.9 Å². The minimum absolute atomic E-state index is 0.0325. The fourth-order valence-electron chi connectivity index (χ4n) is 2.48. The van der Waals surface area contributed by atoms with E-state index in [0.29, 0.717) is 12.8 Å². The zero-order valence-corrected chi connectivity index (χ0v) is 13.4. The Morgan fingerprint density at radius 2 is 2.09 bits per heavy atom. The third-order valence-electron chi connectivity index (χ3n) is 3.61. The average Bonchev–Trinajstić information content (AvgIpc) is 3.02. The van der Waals surface area contributed by atoms with Crippen molar-refractivity contribution >= 4 is 26.5 Å². The first-order valence-electron chi connectivity index (χ1n) is 6.97. The van der Waals surface area contributed by atoms with Gasteiger partial charge in [0.1, 0.15) is 5.82 Å². The van der Waals surface area contributed by atoms with Gasteiger partial charge in [0, 0.05) is 30.7 Å². The summed E-state index contributed by atoms with van der Waals surface area (Å²) < 4.78 is 40.4. The number of hydrogen-bond acceptors (Lipinski definition) is 5. The molecule has 1 aromatic carbocycles. The molecule has 0 amide bonds. The predicted molar refractivity (Wildman–Crippen MR) is 84.1 cm³/mol. The highest BCUT2D eigenvalue weighted by Gasteiger charge is 2.25. The average molecular weight is 341 g/mol. The van der Waals surface area contributed by atoms with E-state index in [9.17, 15) is 12.8 Å². The fourth-order valence-corrected chi connectivity index (χ4v) is 4.52. The Morgan fingerprint density at radius 3 is 2.73 bits per heavy atom. The van der Waals surface area contributed by atoms with E-state index in [1.807, 2.05) is 5.38 Å². The van der Waals surface area contributed by atoms with Crippen LogP contribution in [0.3, 0.4) is 0 Å². The summed E-state index contributed by atoms with van der Waals surface area (Å²) >= 11 is 1.58. The highest BCUT2D eigenvalue weighted by molar-refractivity contribution is 7.89. The SMILES string of the molecule is O=S(=O)(NC1CCN(c2nccs2)CC1)c1cccc(F)c1. The van der Waals surface area contributed by atoms with Gasteiger partial charge in [-0.15, -0.1) is 11.3 Å². The number of piperidine rings is 1. The number of halogens is 1. The Morgan fingerprint density at radius 1 is 1.32 bits per heavy atom. The standard InChI is InChI=1S/C14H16FN3O2S2/c15-11-2-1-3-13(10-11)22(19,20)17-12-4-7-18(8-5-12)14-16-6-9-21-14/h1-3,6,9-10,12,17H,4-5,7-8H2. The number of benzene rings is 1. The first-order chi connectivity index (χ1) is 10.5. The second-order valence-electron chi connectivity index (χ2n) is 5.15. The van der Waals surface area contributed by atoms with Crippen LogP contribution in [0.2, 0.25) is 0 Å². The van der Waals surface area contributed by atoms with Crippen LogP contribution < -0.4 is 9.62 Å². The largest absolute Gasteiger partial charge is 0.348 e. The van der Waals surface area contributed by atoms with Crippen molar-refractivity contribution in [2.75, 3.05) is 18.0 Å². The topological polar surface area (TPSA) is 62.3 Å². The maximum atomic E-state index is 13.2. The van der Waals surface area contributed by atoms with Gasteiger partial charge >= 0.3 is 0 Å². The fraction of sp³-hybridized carbons (Fsp3) is 0.357. The lowest BCUT2D eigenvalue weighted by Gasteiger charge is -2.31. The van der Waals surface area contributed by atoms with Crippen LogP contribution in [0, 0.1) is 5.82 Å². The van der Waals surface area contributed by atoms with Crippen LogP contribution in [0.5, 0.6) is 0 Å². The summed E-state index contributed by atoms with van der Waals surface area (Å²) in [6.07, 6.45) is 3.17. The predicted octanol–water partition coefficient (Wildman–Crippen LogP) is 2.23. The minimum atomic E-state index is -3.68. The van der Waals surface area contributed by atoms with Crippen molar-refractivity contribution in [3.05, 3.63) is 41.7 Å². The van der Waals surface area contributed by atoms with E-state index in [1.165, 1.54) is 18.2 Å². The smallest absolute Gasteiger partial charge is 0.240 e. The molecule has 0 atom stereocenters. The van der Waals surface area contributed by atoms with Gasteiger partial charge in [-0.25, -0.2) is 22.5 Å². The molecule has 0 aliphatic carbocycles. The lowest BCUT2D eigenvalue weighted by molar-refractivity contribution is 0.459. The van der Waals surface area contributed by atoms with Crippen molar-refractivity contribution in [1.29, 1.82) is 0 Å². The molecule has 22 heavy (non-hydrogen) atoms. The van der Waals surface area contributed by atoms with E-state index < -0.39 is 15.8 Å². The van der Waals surface area contributed by atoms with Gasteiger partial charge in [-0.3, -0.25) is 0 Å². The molecule has 1 N–H and O–H groups in total. The lowest BCUT2D eigenvalue weighted by atomic mass is 10.1. The molecule has 1 aromatic heterocycles. The molecule has 0 unspecified atom stereocenters. The van der Waals surface area contributed by atoms with Gasteiger partial charge in [-0.2, -0.15) is 0 Å². The lowest BCUT2D eigenvalue weighted by Crippen LogP contribution is -2.44. The van der Waals surface area contributed by atoms with Gasteiger partial charge in [0.2, 0.25) is 10.0 Å². The molecule has 1 aliphatic rings. The van der Waals surface area contributed by atoms with E-state index in [2.05, 4.69) is 14.6 Å². The van der Waals surface area contributed by atoms with Crippen LogP contribution in [0.25, 0.3) is 0 Å². The van der Waals surface area contributed by atoms with Crippen molar-refractivity contribution in [1.82, 2.24) is 9.71 Å². The molecular weight excluding hydrogens is 325 g/mol. The molecule has 118 valence electrons. The molecule has 0 saturated carbocycles. The van der Waals surface area contributed by atoms with Crippen molar-refractivity contribution in [2.45, 2.75) is 23.8 Å². The summed E-state index contributed by atoms with van der Waals surface area (Å²) in [7, 11) is -3.68. The van der Waals surface area contributed by atoms with Crippen LogP contribution in [-0.2, 0) is 10.0 Å².